The molecule has 0 radical (unpaired) electrons. The number of carbonyl (C=O) groups excluding carboxylic acids is 1. The molecule has 0 aromatic rings. The van der Waals surface area contributed by atoms with Crippen molar-refractivity contribution in [2.45, 2.75) is 64.7 Å². The molecule has 0 aliphatic rings. The first-order valence-electron chi connectivity index (χ1n) is 6.40. The monoisotopic (exact) mass is 224 g/mol. The molecule has 0 amide bonds. The second-order valence-corrected chi connectivity index (χ2v) is 3.98. The number of ether oxygens (including phenoxy) is 1. The number of terminal acetylenes is 1. The predicted molar refractivity (Wildman–Crippen MR) is 67.0 cm³/mol. The van der Waals surface area contributed by atoms with Gasteiger partial charge in [0.2, 0.25) is 0 Å². The van der Waals surface area contributed by atoms with E-state index in [1.54, 1.807) is 0 Å². The van der Waals surface area contributed by atoms with Gasteiger partial charge in [0.05, 0.1) is 6.61 Å². The number of unbranched alkanes of at least 4 members (excludes halogenated alkanes) is 7. The van der Waals surface area contributed by atoms with Gasteiger partial charge in [0.15, 0.2) is 0 Å². The van der Waals surface area contributed by atoms with E-state index in [2.05, 4.69) is 5.92 Å². The minimum atomic E-state index is -0.0588. The zero-order chi connectivity index (χ0) is 12.1. The van der Waals surface area contributed by atoms with Crippen molar-refractivity contribution in [2.75, 3.05) is 6.61 Å². The first-order chi connectivity index (χ1) is 7.81. The summed E-state index contributed by atoms with van der Waals surface area (Å²) in [4.78, 5) is 11.0. The van der Waals surface area contributed by atoms with Gasteiger partial charge in [-0.1, -0.05) is 32.1 Å². The highest BCUT2D eigenvalue weighted by atomic mass is 16.5. The van der Waals surface area contributed by atoms with Crippen molar-refractivity contribution in [3.8, 4) is 12.3 Å². The zero-order valence-electron chi connectivity index (χ0n) is 10.5. The van der Waals surface area contributed by atoms with Crippen LogP contribution in [-0.4, -0.2) is 12.6 Å². The van der Waals surface area contributed by atoms with Gasteiger partial charge in [-0.25, -0.2) is 0 Å². The van der Waals surface area contributed by atoms with Gasteiger partial charge in [-0.05, 0) is 19.8 Å². The third-order valence-electron chi connectivity index (χ3n) is 2.51. The van der Waals surface area contributed by atoms with Crippen molar-refractivity contribution >= 4 is 5.97 Å². The molecule has 0 aliphatic heterocycles. The molecule has 0 fully saturated rings. The maximum absolute atomic E-state index is 11.0. The topological polar surface area (TPSA) is 26.3 Å². The van der Waals surface area contributed by atoms with Crippen LogP contribution in [0, 0.1) is 12.3 Å². The highest BCUT2D eigenvalue weighted by molar-refractivity contribution is 5.69. The fourth-order valence-electron chi connectivity index (χ4n) is 1.61. The summed E-state index contributed by atoms with van der Waals surface area (Å²) in [6.07, 6.45) is 14.9. The average molecular weight is 224 g/mol. The van der Waals surface area contributed by atoms with E-state index in [4.69, 9.17) is 11.2 Å². The van der Waals surface area contributed by atoms with Gasteiger partial charge >= 0.3 is 5.97 Å². The third kappa shape index (κ3) is 11.1. The Morgan fingerprint density at radius 1 is 1.06 bits per heavy atom. The third-order valence-corrected chi connectivity index (χ3v) is 2.51. The summed E-state index contributed by atoms with van der Waals surface area (Å²) in [5, 5.41) is 0. The molecule has 0 saturated heterocycles. The lowest BCUT2D eigenvalue weighted by molar-refractivity contribution is -0.143. The second-order valence-electron chi connectivity index (χ2n) is 3.98. The lowest BCUT2D eigenvalue weighted by Crippen LogP contribution is -2.03. The fourth-order valence-corrected chi connectivity index (χ4v) is 1.61. The maximum atomic E-state index is 11.0. The molecule has 16 heavy (non-hydrogen) atoms. The summed E-state index contributed by atoms with van der Waals surface area (Å²) in [6, 6.07) is 0. The van der Waals surface area contributed by atoms with E-state index in [1.165, 1.54) is 25.7 Å². The quantitative estimate of drug-likeness (QED) is 0.321. The smallest absolute Gasteiger partial charge is 0.305 e. The summed E-state index contributed by atoms with van der Waals surface area (Å²) < 4.78 is 4.86. The molecule has 0 spiro atoms. The average Bonchev–Trinajstić information content (AvgIpc) is 2.27. The van der Waals surface area contributed by atoms with Gasteiger partial charge in [-0.3, -0.25) is 4.79 Å². The van der Waals surface area contributed by atoms with Crippen molar-refractivity contribution in [3.05, 3.63) is 0 Å². The van der Waals surface area contributed by atoms with Crippen LogP contribution in [0.3, 0.4) is 0 Å². The summed E-state index contributed by atoms with van der Waals surface area (Å²) >= 11 is 0. The highest BCUT2D eigenvalue weighted by Crippen LogP contribution is 2.09. The van der Waals surface area contributed by atoms with Crippen LogP contribution < -0.4 is 0 Å². The van der Waals surface area contributed by atoms with E-state index >= 15 is 0 Å². The van der Waals surface area contributed by atoms with E-state index in [9.17, 15) is 4.79 Å². The number of hydrogen-bond acceptors (Lipinski definition) is 2. The zero-order valence-corrected chi connectivity index (χ0v) is 10.5. The largest absolute Gasteiger partial charge is 0.466 e. The van der Waals surface area contributed by atoms with E-state index in [1.807, 2.05) is 6.92 Å². The molecular formula is C14H24O2. The summed E-state index contributed by atoms with van der Waals surface area (Å²) in [5.74, 6) is 2.59. The first kappa shape index (κ1) is 15.0. The van der Waals surface area contributed by atoms with Gasteiger partial charge < -0.3 is 4.74 Å². The van der Waals surface area contributed by atoms with E-state index in [0.29, 0.717) is 13.0 Å². The number of carbonyl (C=O) groups is 1. The van der Waals surface area contributed by atoms with Crippen LogP contribution in [0.15, 0.2) is 0 Å². The van der Waals surface area contributed by atoms with Crippen LogP contribution >= 0.6 is 0 Å². The van der Waals surface area contributed by atoms with Crippen molar-refractivity contribution < 1.29 is 9.53 Å². The number of esters is 1. The molecular weight excluding hydrogens is 200 g/mol. The Hall–Kier alpha value is -0.970. The molecule has 92 valence electrons. The van der Waals surface area contributed by atoms with E-state index in [-0.39, 0.29) is 5.97 Å². The van der Waals surface area contributed by atoms with Crippen molar-refractivity contribution in [1.29, 1.82) is 0 Å². The molecule has 0 aromatic heterocycles. The van der Waals surface area contributed by atoms with Gasteiger partial charge in [0.25, 0.3) is 0 Å². The van der Waals surface area contributed by atoms with Crippen LogP contribution in [-0.2, 0) is 9.53 Å². The normalized spacial score (nSPS) is 9.75. The molecule has 0 bridgehead atoms. The Bertz CT molecular complexity index is 203. The fraction of sp³-hybridized carbons (Fsp3) is 0.786. The van der Waals surface area contributed by atoms with Crippen LogP contribution in [0.25, 0.3) is 0 Å². The molecule has 0 saturated carbocycles. The molecule has 0 aliphatic carbocycles. The van der Waals surface area contributed by atoms with Crippen LogP contribution in [0.2, 0.25) is 0 Å². The molecule has 0 rings (SSSR count). The van der Waals surface area contributed by atoms with Gasteiger partial charge in [0, 0.05) is 12.8 Å². The maximum Gasteiger partial charge on any atom is 0.305 e. The molecule has 0 aromatic carbocycles. The molecule has 2 nitrogen and oxygen atoms in total. The van der Waals surface area contributed by atoms with Crippen molar-refractivity contribution in [2.24, 2.45) is 0 Å². The van der Waals surface area contributed by atoms with Gasteiger partial charge in [-0.2, -0.15) is 0 Å². The van der Waals surface area contributed by atoms with Crippen molar-refractivity contribution in [1.82, 2.24) is 0 Å². The van der Waals surface area contributed by atoms with Gasteiger partial charge in [0.1, 0.15) is 0 Å². The Morgan fingerprint density at radius 3 is 2.19 bits per heavy atom. The van der Waals surface area contributed by atoms with Crippen molar-refractivity contribution in [3.63, 3.8) is 0 Å². The van der Waals surface area contributed by atoms with Crippen LogP contribution in [0.1, 0.15) is 64.7 Å². The molecule has 2 heteroatoms. The molecule has 0 unspecified atom stereocenters. The summed E-state index contributed by atoms with van der Waals surface area (Å²) in [6.45, 7) is 2.34. The summed E-state index contributed by atoms with van der Waals surface area (Å²) in [7, 11) is 0. The minimum Gasteiger partial charge on any atom is -0.466 e. The molecule has 0 heterocycles. The predicted octanol–water partition coefficient (Wildman–Crippen LogP) is 3.69. The highest BCUT2D eigenvalue weighted by Gasteiger charge is 2.00. The van der Waals surface area contributed by atoms with E-state index < -0.39 is 0 Å². The minimum absolute atomic E-state index is 0.0588. The SMILES string of the molecule is C#CCCCCCCCCCC(=O)OCC. The second kappa shape index (κ2) is 12.1. The number of hydrogen-bond donors (Lipinski definition) is 0. The first-order valence-corrected chi connectivity index (χ1v) is 6.40. The van der Waals surface area contributed by atoms with Gasteiger partial charge in [-0.15, -0.1) is 12.3 Å². The van der Waals surface area contributed by atoms with Crippen LogP contribution in [0.4, 0.5) is 0 Å². The lowest BCUT2D eigenvalue weighted by Gasteiger charge is -2.02. The number of rotatable bonds is 10. The Labute approximate surface area is 99.8 Å². The Balaban J connectivity index is 3.04. The standard InChI is InChI=1S/C14H24O2/c1-3-5-6-7-8-9-10-11-12-13-14(15)16-4-2/h1H,4-13H2,2H3. The summed E-state index contributed by atoms with van der Waals surface area (Å²) in [5.41, 5.74) is 0. The van der Waals surface area contributed by atoms with E-state index in [0.717, 1.165) is 25.7 Å². The Morgan fingerprint density at radius 2 is 1.62 bits per heavy atom. The van der Waals surface area contributed by atoms with Crippen LogP contribution in [0.5, 0.6) is 0 Å². The Kier molecular flexibility index (Phi) is 11.4. The molecule has 0 N–H and O–H groups in total. The molecule has 0 atom stereocenters. The lowest BCUT2D eigenvalue weighted by atomic mass is 10.1.